The summed E-state index contributed by atoms with van der Waals surface area (Å²) in [5, 5.41) is -0.239. The van der Waals surface area contributed by atoms with Crippen molar-refractivity contribution in [2.75, 3.05) is 12.3 Å². The van der Waals surface area contributed by atoms with Crippen molar-refractivity contribution in [3.05, 3.63) is 65.5 Å². The summed E-state index contributed by atoms with van der Waals surface area (Å²) in [6, 6.07) is 8.82. The maximum atomic E-state index is 12.7. The molecule has 24 heavy (non-hydrogen) atoms. The number of halogens is 3. The van der Waals surface area contributed by atoms with Crippen LogP contribution in [0.15, 0.2) is 48.8 Å². The first-order valence-electron chi connectivity index (χ1n) is 7.42. The minimum Gasteiger partial charge on any atom is -0.325 e. The molecular formula is C17H15F3N2OS. The Labute approximate surface area is 141 Å². The predicted molar refractivity (Wildman–Crippen MR) is 86.3 cm³/mol. The smallest absolute Gasteiger partial charge is 0.325 e. The normalized spacial score (nSPS) is 18.2. The lowest BCUT2D eigenvalue weighted by atomic mass is 10.1. The number of carbonyl (C=O) groups excluding carboxylic acids is 1. The fraction of sp³-hybridized carbons (Fsp3) is 0.294. The number of nitrogens with zero attached hydrogens (tertiary/aromatic N) is 2. The van der Waals surface area contributed by atoms with E-state index in [0.29, 0.717) is 24.3 Å². The number of pyridine rings is 1. The first-order valence-corrected chi connectivity index (χ1v) is 8.47. The van der Waals surface area contributed by atoms with Crippen LogP contribution in [0.25, 0.3) is 0 Å². The second-order valence-electron chi connectivity index (χ2n) is 5.48. The highest BCUT2D eigenvalue weighted by Gasteiger charge is 2.34. The highest BCUT2D eigenvalue weighted by Crippen LogP contribution is 2.39. The molecule has 0 bridgehead atoms. The summed E-state index contributed by atoms with van der Waals surface area (Å²) in [6.45, 7) is 0.517. The van der Waals surface area contributed by atoms with Crippen LogP contribution in [-0.4, -0.2) is 28.1 Å². The highest BCUT2D eigenvalue weighted by molar-refractivity contribution is 8.00. The van der Waals surface area contributed by atoms with E-state index in [1.165, 1.54) is 23.9 Å². The second kappa shape index (κ2) is 6.84. The number of carbonyl (C=O) groups is 1. The Balaban J connectivity index is 1.73. The van der Waals surface area contributed by atoms with E-state index < -0.39 is 11.7 Å². The second-order valence-corrected chi connectivity index (χ2v) is 6.55. The van der Waals surface area contributed by atoms with Crippen LogP contribution < -0.4 is 0 Å². The van der Waals surface area contributed by atoms with Gasteiger partial charge >= 0.3 is 6.18 Å². The van der Waals surface area contributed by atoms with Gasteiger partial charge in [0.25, 0.3) is 0 Å². The van der Waals surface area contributed by atoms with Crippen molar-refractivity contribution in [2.45, 2.75) is 18.0 Å². The molecule has 1 amide bonds. The molecule has 1 atom stereocenters. The van der Waals surface area contributed by atoms with Gasteiger partial charge in [-0.05, 0) is 35.7 Å². The highest BCUT2D eigenvalue weighted by atomic mass is 32.2. The van der Waals surface area contributed by atoms with Gasteiger partial charge in [-0.15, -0.1) is 11.8 Å². The predicted octanol–water partition coefficient (Wildman–Crippen LogP) is 3.92. The molecule has 1 aromatic carbocycles. The SMILES string of the molecule is O=C1CSC(c2ccc(C(F)(F)F)cc2)N1CCc1cccnc1. The minimum absolute atomic E-state index is 0.00814. The number of aromatic nitrogens is 1. The molecule has 0 spiro atoms. The van der Waals surface area contributed by atoms with E-state index in [0.717, 1.165) is 17.7 Å². The zero-order chi connectivity index (χ0) is 17.2. The number of alkyl halides is 3. The molecule has 0 N–H and O–H groups in total. The molecule has 0 saturated carbocycles. The molecule has 1 unspecified atom stereocenters. The Morgan fingerprint density at radius 2 is 1.96 bits per heavy atom. The number of rotatable bonds is 4. The molecule has 0 aliphatic carbocycles. The van der Waals surface area contributed by atoms with Crippen molar-refractivity contribution < 1.29 is 18.0 Å². The van der Waals surface area contributed by atoms with E-state index in [4.69, 9.17) is 0 Å². The first kappa shape index (κ1) is 16.8. The van der Waals surface area contributed by atoms with E-state index >= 15 is 0 Å². The monoisotopic (exact) mass is 352 g/mol. The van der Waals surface area contributed by atoms with Crippen molar-refractivity contribution in [3.63, 3.8) is 0 Å². The fourth-order valence-electron chi connectivity index (χ4n) is 2.60. The number of amides is 1. The average Bonchev–Trinajstić information content (AvgIpc) is 2.94. The Morgan fingerprint density at radius 3 is 2.58 bits per heavy atom. The maximum absolute atomic E-state index is 12.7. The van der Waals surface area contributed by atoms with Crippen LogP contribution in [0.1, 0.15) is 22.1 Å². The molecule has 126 valence electrons. The number of hydrogen-bond acceptors (Lipinski definition) is 3. The molecule has 1 aromatic heterocycles. The number of hydrogen-bond donors (Lipinski definition) is 0. The van der Waals surface area contributed by atoms with Crippen LogP contribution >= 0.6 is 11.8 Å². The molecule has 1 aliphatic heterocycles. The van der Waals surface area contributed by atoms with Crippen LogP contribution in [0, 0.1) is 0 Å². The van der Waals surface area contributed by atoms with Crippen molar-refractivity contribution in [1.29, 1.82) is 0 Å². The van der Waals surface area contributed by atoms with Crippen LogP contribution in [0.2, 0.25) is 0 Å². The van der Waals surface area contributed by atoms with Crippen LogP contribution in [0.4, 0.5) is 13.2 Å². The van der Waals surface area contributed by atoms with Gasteiger partial charge < -0.3 is 4.90 Å². The van der Waals surface area contributed by atoms with Gasteiger partial charge in [0.2, 0.25) is 5.91 Å². The summed E-state index contributed by atoms with van der Waals surface area (Å²) in [5.41, 5.74) is 1.06. The summed E-state index contributed by atoms with van der Waals surface area (Å²) in [5.74, 6) is 0.354. The minimum atomic E-state index is -4.35. The largest absolute Gasteiger partial charge is 0.416 e. The lowest BCUT2D eigenvalue weighted by Gasteiger charge is -2.24. The molecule has 1 aliphatic rings. The Hall–Kier alpha value is -2.02. The van der Waals surface area contributed by atoms with Gasteiger partial charge in [-0.25, -0.2) is 0 Å². The van der Waals surface area contributed by atoms with Crippen LogP contribution in [0.3, 0.4) is 0 Å². The third-order valence-electron chi connectivity index (χ3n) is 3.86. The zero-order valence-electron chi connectivity index (χ0n) is 12.7. The molecule has 1 saturated heterocycles. The van der Waals surface area contributed by atoms with Gasteiger partial charge in [-0.2, -0.15) is 13.2 Å². The standard InChI is InChI=1S/C17H15F3N2OS/c18-17(19,20)14-5-3-13(4-6-14)16-22(15(23)11-24-16)9-7-12-2-1-8-21-10-12/h1-6,8,10,16H,7,9,11H2. The molecule has 2 aromatic rings. The summed E-state index contributed by atoms with van der Waals surface area (Å²) < 4.78 is 38.0. The van der Waals surface area contributed by atoms with Crippen molar-refractivity contribution in [1.82, 2.24) is 9.88 Å². The third-order valence-corrected chi connectivity index (χ3v) is 5.11. The first-order chi connectivity index (χ1) is 11.4. The number of thioether (sulfide) groups is 1. The third kappa shape index (κ3) is 3.72. The van der Waals surface area contributed by atoms with Crippen LogP contribution in [0.5, 0.6) is 0 Å². The summed E-state index contributed by atoms with van der Waals surface area (Å²) in [4.78, 5) is 17.9. The summed E-state index contributed by atoms with van der Waals surface area (Å²) in [6.07, 6.45) is -0.249. The Bertz CT molecular complexity index is 704. The van der Waals surface area contributed by atoms with E-state index in [-0.39, 0.29) is 11.3 Å². The van der Waals surface area contributed by atoms with Gasteiger partial charge in [0.05, 0.1) is 11.3 Å². The van der Waals surface area contributed by atoms with Gasteiger partial charge in [0.1, 0.15) is 5.37 Å². The molecular weight excluding hydrogens is 337 g/mol. The quantitative estimate of drug-likeness (QED) is 0.836. The summed E-state index contributed by atoms with van der Waals surface area (Å²) in [7, 11) is 0. The summed E-state index contributed by atoms with van der Waals surface area (Å²) >= 11 is 1.44. The van der Waals surface area contributed by atoms with Crippen LogP contribution in [-0.2, 0) is 17.4 Å². The molecule has 3 rings (SSSR count). The van der Waals surface area contributed by atoms with E-state index in [9.17, 15) is 18.0 Å². The maximum Gasteiger partial charge on any atom is 0.416 e. The molecule has 2 heterocycles. The van der Waals surface area contributed by atoms with E-state index in [2.05, 4.69) is 4.98 Å². The number of benzene rings is 1. The van der Waals surface area contributed by atoms with Crippen molar-refractivity contribution in [3.8, 4) is 0 Å². The van der Waals surface area contributed by atoms with Gasteiger partial charge in [-0.1, -0.05) is 18.2 Å². The fourth-order valence-corrected chi connectivity index (χ4v) is 3.82. The van der Waals surface area contributed by atoms with Crippen molar-refractivity contribution in [2.24, 2.45) is 0 Å². The topological polar surface area (TPSA) is 33.2 Å². The average molecular weight is 352 g/mol. The van der Waals surface area contributed by atoms with Gasteiger partial charge in [0, 0.05) is 18.9 Å². The zero-order valence-corrected chi connectivity index (χ0v) is 13.5. The molecule has 7 heteroatoms. The lowest BCUT2D eigenvalue weighted by Crippen LogP contribution is -2.30. The molecule has 0 radical (unpaired) electrons. The van der Waals surface area contributed by atoms with E-state index in [1.807, 2.05) is 12.1 Å². The van der Waals surface area contributed by atoms with E-state index in [1.54, 1.807) is 17.3 Å². The van der Waals surface area contributed by atoms with Gasteiger partial charge in [-0.3, -0.25) is 9.78 Å². The Morgan fingerprint density at radius 1 is 1.21 bits per heavy atom. The van der Waals surface area contributed by atoms with Crippen molar-refractivity contribution >= 4 is 17.7 Å². The lowest BCUT2D eigenvalue weighted by molar-refractivity contribution is -0.137. The molecule has 1 fully saturated rings. The Kier molecular flexibility index (Phi) is 4.80. The molecule has 3 nitrogen and oxygen atoms in total. The van der Waals surface area contributed by atoms with Gasteiger partial charge in [0.15, 0.2) is 0 Å².